The Bertz CT molecular complexity index is 374. The Morgan fingerprint density at radius 2 is 0.935 bits per heavy atom. The van der Waals surface area contributed by atoms with Crippen LogP contribution in [0.4, 0.5) is 0 Å². The van der Waals surface area contributed by atoms with Crippen molar-refractivity contribution in [3.63, 3.8) is 0 Å². The fraction of sp³-hybridized carbons (Fsp3) is 0.769. The molecule has 31 heavy (non-hydrogen) atoms. The van der Waals surface area contributed by atoms with E-state index in [9.17, 15) is 19.8 Å². The van der Waals surface area contributed by atoms with Gasteiger partial charge in [-0.1, -0.05) is 63.5 Å². The van der Waals surface area contributed by atoms with Gasteiger partial charge in [-0.2, -0.15) is 0 Å². The molecule has 0 fully saturated rings. The second-order valence-electron chi connectivity index (χ2n) is 8.27. The second-order valence-corrected chi connectivity index (χ2v) is 8.74. The first-order valence-electron chi connectivity index (χ1n) is 12.1. The van der Waals surface area contributed by atoms with Crippen LogP contribution in [0.15, 0.2) is 25.3 Å². The zero-order valence-electron chi connectivity index (χ0n) is 20.4. The minimum atomic E-state index is -0.924. The Kier molecular flexibility index (Phi) is 34.7. The van der Waals surface area contributed by atoms with E-state index in [1.54, 1.807) is 0 Å². The van der Waals surface area contributed by atoms with Gasteiger partial charge >= 0.3 is 41.3 Å². The van der Waals surface area contributed by atoms with Crippen molar-refractivity contribution in [1.82, 2.24) is 0 Å². The molecule has 0 spiro atoms. The molecule has 5 heteroatoms. The second kappa shape index (κ2) is 31.1. The quantitative estimate of drug-likeness (QED) is 0.152. The number of rotatable bonds is 19. The average molecular weight is 451 g/mol. The van der Waals surface area contributed by atoms with Crippen LogP contribution in [0.5, 0.6) is 0 Å². The zero-order valence-corrected chi connectivity index (χ0v) is 21.5. The van der Waals surface area contributed by atoms with Crippen LogP contribution >= 0.6 is 0 Å². The molecule has 0 unspecified atom stereocenters. The van der Waals surface area contributed by atoms with Crippen LogP contribution in [0.2, 0.25) is 5.28 Å². The molecule has 0 aromatic carbocycles. The molecule has 0 aliphatic rings. The van der Waals surface area contributed by atoms with Crippen molar-refractivity contribution in [1.29, 1.82) is 0 Å². The molecule has 0 N–H and O–H groups in total. The number of carboxylic acid groups (broad SMARTS) is 2. The van der Waals surface area contributed by atoms with Gasteiger partial charge in [-0.3, -0.25) is 0 Å². The molecule has 4 nitrogen and oxygen atoms in total. The van der Waals surface area contributed by atoms with Gasteiger partial charge in [0.05, 0.1) is 0 Å². The summed E-state index contributed by atoms with van der Waals surface area (Å²) >= 11 is 2.69. The topological polar surface area (TPSA) is 80.3 Å². The number of carboxylic acids is 2. The van der Waals surface area contributed by atoms with Gasteiger partial charge in [0, 0.05) is 11.9 Å². The summed E-state index contributed by atoms with van der Waals surface area (Å²) in [5.41, 5.74) is 0. The molecule has 178 valence electrons. The summed E-state index contributed by atoms with van der Waals surface area (Å²) in [4.78, 5) is 20.1. The SMILES string of the molecule is C=CCCCCCCCCC(=O)[O-].C=CCCCCCCCCC(=O)[O-].CC(C)[CH2][Al+2]. The van der Waals surface area contributed by atoms with Crippen molar-refractivity contribution < 1.29 is 19.8 Å². The van der Waals surface area contributed by atoms with E-state index < -0.39 is 11.9 Å². The van der Waals surface area contributed by atoms with Crippen molar-refractivity contribution in [2.45, 2.75) is 122 Å². The molecule has 0 aliphatic carbocycles. The summed E-state index contributed by atoms with van der Waals surface area (Å²) in [5.74, 6) is -1.00. The molecule has 0 saturated carbocycles. The molecule has 0 aromatic rings. The first-order valence-corrected chi connectivity index (χ1v) is 12.9. The monoisotopic (exact) mass is 450 g/mol. The molecule has 0 radical (unpaired) electrons. The maximum absolute atomic E-state index is 10.1. The number of carbonyl (C=O) groups excluding carboxylic acids is 2. The molecule has 0 bridgehead atoms. The van der Waals surface area contributed by atoms with Crippen molar-refractivity contribution in [2.75, 3.05) is 0 Å². The summed E-state index contributed by atoms with van der Waals surface area (Å²) in [6.45, 7) is 11.7. The van der Waals surface area contributed by atoms with Crippen molar-refractivity contribution in [3.05, 3.63) is 25.3 Å². The van der Waals surface area contributed by atoms with Crippen LogP contribution in [0.1, 0.15) is 117 Å². The van der Waals surface area contributed by atoms with E-state index in [1.165, 1.54) is 43.8 Å². The number of hydrogen-bond acceptors (Lipinski definition) is 4. The van der Waals surface area contributed by atoms with E-state index in [0.717, 1.165) is 57.3 Å². The van der Waals surface area contributed by atoms with Crippen LogP contribution < -0.4 is 10.2 Å². The van der Waals surface area contributed by atoms with Gasteiger partial charge in [-0.25, -0.2) is 0 Å². The van der Waals surface area contributed by atoms with Gasteiger partial charge in [0.2, 0.25) is 0 Å². The predicted octanol–water partition coefficient (Wildman–Crippen LogP) is 5.32. The van der Waals surface area contributed by atoms with Gasteiger partial charge < -0.3 is 19.8 Å². The van der Waals surface area contributed by atoms with Gasteiger partial charge in [0.15, 0.2) is 0 Å². The van der Waals surface area contributed by atoms with Crippen LogP contribution in [-0.4, -0.2) is 28.2 Å². The van der Waals surface area contributed by atoms with E-state index in [2.05, 4.69) is 43.3 Å². The van der Waals surface area contributed by atoms with Crippen molar-refractivity contribution in [2.24, 2.45) is 5.92 Å². The third-order valence-electron chi connectivity index (χ3n) is 4.55. The van der Waals surface area contributed by atoms with Crippen molar-refractivity contribution >= 4 is 28.2 Å². The van der Waals surface area contributed by atoms with E-state index in [1.807, 2.05) is 12.2 Å². The first-order chi connectivity index (χ1) is 14.8. The van der Waals surface area contributed by atoms with Crippen LogP contribution in [-0.2, 0) is 9.59 Å². The van der Waals surface area contributed by atoms with E-state index in [0.29, 0.717) is 0 Å². The molecule has 0 aliphatic heterocycles. The van der Waals surface area contributed by atoms with Gasteiger partial charge in [-0.05, 0) is 51.4 Å². The molecule has 0 saturated heterocycles. The van der Waals surface area contributed by atoms with Gasteiger partial charge in [-0.15, -0.1) is 13.2 Å². The zero-order chi connectivity index (χ0) is 24.2. The summed E-state index contributed by atoms with van der Waals surface area (Å²) in [6.07, 6.45) is 19.7. The molecule has 0 atom stereocenters. The molecule has 0 rings (SSSR count). The fourth-order valence-corrected chi connectivity index (χ4v) is 2.53. The standard InChI is InChI=1S/2C11H20O2.C4H9.Al/c2*1-2-3-4-5-6-7-8-9-10-11(12)13;1-4(2)3;/h2*2H,1,3-10H2,(H,12,13);4H,1H2,2-3H3;/q;;;+2/p-2. The Hall–Kier alpha value is -1.05. The number of hydrogen-bond donors (Lipinski definition) is 0. The normalized spacial score (nSPS) is 9.84. The Balaban J connectivity index is -0.000000416. The van der Waals surface area contributed by atoms with E-state index in [-0.39, 0.29) is 12.8 Å². The number of allylic oxidation sites excluding steroid dienone is 2. The van der Waals surface area contributed by atoms with E-state index >= 15 is 0 Å². The van der Waals surface area contributed by atoms with Crippen LogP contribution in [0.3, 0.4) is 0 Å². The third kappa shape index (κ3) is 47.9. The summed E-state index contributed by atoms with van der Waals surface area (Å²) < 4.78 is 0. The van der Waals surface area contributed by atoms with Crippen LogP contribution in [0.25, 0.3) is 0 Å². The Morgan fingerprint density at radius 3 is 1.16 bits per heavy atom. The Labute approximate surface area is 201 Å². The van der Waals surface area contributed by atoms with Gasteiger partial charge in [0.25, 0.3) is 0 Å². The average Bonchev–Trinajstić information content (AvgIpc) is 2.72. The third-order valence-corrected chi connectivity index (χ3v) is 5.49. The van der Waals surface area contributed by atoms with Crippen molar-refractivity contribution in [3.8, 4) is 0 Å². The fourth-order valence-electron chi connectivity index (χ4n) is 2.53. The van der Waals surface area contributed by atoms with Gasteiger partial charge in [0.1, 0.15) is 0 Å². The molecular weight excluding hydrogens is 403 g/mol. The maximum atomic E-state index is 10.1. The first kappa shape index (κ1) is 34.6. The van der Waals surface area contributed by atoms with E-state index in [4.69, 9.17) is 0 Å². The predicted molar refractivity (Wildman–Crippen MR) is 130 cm³/mol. The summed E-state index contributed by atoms with van der Waals surface area (Å²) in [6, 6.07) is 0. The molecular formula is C26H47AlO4. The molecule has 0 amide bonds. The molecule has 0 aromatic heterocycles. The number of unbranched alkanes of at least 4 members (excludes halogenated alkanes) is 12. The van der Waals surface area contributed by atoms with Crippen LogP contribution in [0, 0.1) is 5.92 Å². The minimum absolute atomic E-state index is 0.215. The number of carbonyl (C=O) groups is 2. The number of aliphatic carboxylic acids is 2. The Morgan fingerprint density at radius 1 is 0.677 bits per heavy atom. The molecule has 0 heterocycles. The summed E-state index contributed by atoms with van der Waals surface area (Å²) in [5, 5.41) is 21.3. The summed E-state index contributed by atoms with van der Waals surface area (Å²) in [7, 11) is 0.